The topological polar surface area (TPSA) is 87.7 Å². The fourth-order valence-electron chi connectivity index (χ4n) is 3.64. The van der Waals surface area contributed by atoms with Gasteiger partial charge < -0.3 is 9.64 Å². The maximum atomic E-state index is 12.7. The molecule has 0 unspecified atom stereocenters. The molecular formula is C25H22ClN3O4. The highest BCUT2D eigenvalue weighted by molar-refractivity contribution is 6.31. The van der Waals surface area contributed by atoms with Crippen LogP contribution in [0.3, 0.4) is 0 Å². The van der Waals surface area contributed by atoms with Crippen molar-refractivity contribution in [2.45, 2.75) is 12.8 Å². The van der Waals surface area contributed by atoms with Crippen molar-refractivity contribution >= 4 is 35.0 Å². The van der Waals surface area contributed by atoms with E-state index in [-0.39, 0.29) is 18.1 Å². The average molecular weight is 464 g/mol. The highest BCUT2D eigenvalue weighted by atomic mass is 35.5. The smallest absolute Gasteiger partial charge is 0.276 e. The summed E-state index contributed by atoms with van der Waals surface area (Å²) < 4.78 is 5.69. The summed E-state index contributed by atoms with van der Waals surface area (Å²) in [6, 6.07) is 21.8. The van der Waals surface area contributed by atoms with Gasteiger partial charge in [-0.2, -0.15) is 0 Å². The number of carbonyl (C=O) groups is 3. The Hall–Kier alpha value is -3.84. The van der Waals surface area contributed by atoms with E-state index in [0.717, 1.165) is 11.1 Å². The summed E-state index contributed by atoms with van der Waals surface area (Å²) in [6.45, 7) is 0.225. The van der Waals surface area contributed by atoms with Crippen LogP contribution in [-0.2, 0) is 9.59 Å². The van der Waals surface area contributed by atoms with Crippen molar-refractivity contribution in [2.24, 2.45) is 0 Å². The van der Waals surface area contributed by atoms with Crippen molar-refractivity contribution in [3.05, 3.63) is 83.4 Å². The number of hydrogen-bond acceptors (Lipinski definition) is 4. The Morgan fingerprint density at radius 3 is 2.48 bits per heavy atom. The van der Waals surface area contributed by atoms with E-state index in [2.05, 4.69) is 10.9 Å². The second-order valence-corrected chi connectivity index (χ2v) is 7.90. The fraction of sp³-hybridized carbons (Fsp3) is 0.160. The Balaban J connectivity index is 1.38. The minimum Gasteiger partial charge on any atom is -0.483 e. The maximum absolute atomic E-state index is 12.7. The molecule has 0 bridgehead atoms. The number of rotatable bonds is 6. The molecule has 7 nitrogen and oxygen atoms in total. The van der Waals surface area contributed by atoms with Gasteiger partial charge in [0.05, 0.1) is 11.3 Å². The molecule has 3 aromatic rings. The first-order valence-electron chi connectivity index (χ1n) is 10.5. The lowest BCUT2D eigenvalue weighted by Gasteiger charge is -2.20. The lowest BCUT2D eigenvalue weighted by atomic mass is 10.1. The fourth-order valence-corrected chi connectivity index (χ4v) is 3.81. The van der Waals surface area contributed by atoms with Gasteiger partial charge in [0, 0.05) is 23.6 Å². The first-order chi connectivity index (χ1) is 16.0. The van der Waals surface area contributed by atoms with Crippen molar-refractivity contribution in [1.82, 2.24) is 10.9 Å². The third-order valence-corrected chi connectivity index (χ3v) is 5.45. The molecule has 1 aliphatic heterocycles. The molecule has 1 heterocycles. The number of anilines is 1. The third-order valence-electron chi connectivity index (χ3n) is 5.21. The predicted octanol–water partition coefficient (Wildman–Crippen LogP) is 3.97. The molecule has 8 heteroatoms. The van der Waals surface area contributed by atoms with Gasteiger partial charge in [-0.3, -0.25) is 25.2 Å². The molecule has 4 rings (SSSR count). The first-order valence-corrected chi connectivity index (χ1v) is 10.9. The molecule has 0 radical (unpaired) electrons. The number of halogens is 1. The standard InChI is InChI=1S/C25H22ClN3O4/c26-18-12-13-20(21(15-18)29-14-6-11-24(29)31)25(32)28-27-23(30)16-33-22-10-5-4-9-19(22)17-7-2-1-3-8-17/h1-5,7-10,12-13,15H,6,11,14,16H2,(H,27,30)(H,28,32). The highest BCUT2D eigenvalue weighted by Gasteiger charge is 2.26. The Bertz CT molecular complexity index is 1180. The Kier molecular flexibility index (Phi) is 6.90. The highest BCUT2D eigenvalue weighted by Crippen LogP contribution is 2.30. The molecule has 0 spiro atoms. The monoisotopic (exact) mass is 463 g/mol. The molecular weight excluding hydrogens is 442 g/mol. The third kappa shape index (κ3) is 5.32. The molecule has 1 aliphatic rings. The van der Waals surface area contributed by atoms with Crippen LogP contribution in [0.25, 0.3) is 11.1 Å². The molecule has 3 amide bonds. The van der Waals surface area contributed by atoms with Gasteiger partial charge in [0.1, 0.15) is 5.75 Å². The molecule has 0 aliphatic carbocycles. The van der Waals surface area contributed by atoms with Crippen LogP contribution in [0.5, 0.6) is 5.75 Å². The zero-order chi connectivity index (χ0) is 23.2. The summed E-state index contributed by atoms with van der Waals surface area (Å²) in [5.74, 6) is -0.600. The molecule has 3 aromatic carbocycles. The maximum Gasteiger partial charge on any atom is 0.276 e. The first kappa shape index (κ1) is 22.4. The van der Waals surface area contributed by atoms with Crippen LogP contribution in [0, 0.1) is 0 Å². The molecule has 2 N–H and O–H groups in total. The zero-order valence-electron chi connectivity index (χ0n) is 17.7. The van der Waals surface area contributed by atoms with Crippen molar-refractivity contribution < 1.29 is 19.1 Å². The number of benzene rings is 3. The van der Waals surface area contributed by atoms with Crippen LogP contribution in [0.2, 0.25) is 5.02 Å². The van der Waals surface area contributed by atoms with Crippen LogP contribution < -0.4 is 20.5 Å². The van der Waals surface area contributed by atoms with Crippen LogP contribution in [0.15, 0.2) is 72.8 Å². The van der Waals surface area contributed by atoms with E-state index in [4.69, 9.17) is 16.3 Å². The van der Waals surface area contributed by atoms with Gasteiger partial charge in [-0.25, -0.2) is 0 Å². The zero-order valence-corrected chi connectivity index (χ0v) is 18.5. The Morgan fingerprint density at radius 1 is 0.970 bits per heavy atom. The van der Waals surface area contributed by atoms with Gasteiger partial charge in [0.15, 0.2) is 6.61 Å². The van der Waals surface area contributed by atoms with E-state index in [1.165, 1.54) is 11.0 Å². The summed E-state index contributed by atoms with van der Waals surface area (Å²) in [5, 5.41) is 0.413. The minimum absolute atomic E-state index is 0.0687. The predicted molar refractivity (Wildman–Crippen MR) is 126 cm³/mol. The molecule has 1 fully saturated rings. The number of hydrogen-bond donors (Lipinski definition) is 2. The number of nitrogens with zero attached hydrogens (tertiary/aromatic N) is 1. The van der Waals surface area contributed by atoms with Crippen LogP contribution in [0.4, 0.5) is 5.69 Å². The molecule has 0 aromatic heterocycles. The van der Waals surface area contributed by atoms with Gasteiger partial charge in [-0.05, 0) is 36.2 Å². The van der Waals surface area contributed by atoms with E-state index < -0.39 is 11.8 Å². The number of ether oxygens (including phenoxy) is 1. The quantitative estimate of drug-likeness (QED) is 0.541. The normalized spacial score (nSPS) is 13.0. The second kappa shape index (κ2) is 10.2. The summed E-state index contributed by atoms with van der Waals surface area (Å²) in [5.41, 5.74) is 7.22. The lowest BCUT2D eigenvalue weighted by molar-refractivity contribution is -0.123. The number of para-hydroxylation sites is 1. The van der Waals surface area contributed by atoms with E-state index in [0.29, 0.717) is 35.8 Å². The van der Waals surface area contributed by atoms with Gasteiger partial charge >= 0.3 is 0 Å². The van der Waals surface area contributed by atoms with Crippen LogP contribution >= 0.6 is 11.6 Å². The minimum atomic E-state index is -0.556. The van der Waals surface area contributed by atoms with E-state index >= 15 is 0 Å². The summed E-state index contributed by atoms with van der Waals surface area (Å²) in [6.07, 6.45) is 1.14. The largest absolute Gasteiger partial charge is 0.483 e. The van der Waals surface area contributed by atoms with Gasteiger partial charge in [0.25, 0.3) is 11.8 Å². The molecule has 1 saturated heterocycles. The average Bonchev–Trinajstić information content (AvgIpc) is 3.27. The number of carbonyl (C=O) groups excluding carboxylic acids is 3. The van der Waals surface area contributed by atoms with E-state index in [1.807, 2.05) is 48.5 Å². The lowest BCUT2D eigenvalue weighted by Crippen LogP contribution is -2.44. The van der Waals surface area contributed by atoms with Gasteiger partial charge in [0.2, 0.25) is 5.91 Å². The molecule has 168 valence electrons. The van der Waals surface area contributed by atoms with Crippen LogP contribution in [0.1, 0.15) is 23.2 Å². The number of nitrogens with one attached hydrogen (secondary N) is 2. The summed E-state index contributed by atoms with van der Waals surface area (Å²) in [4.78, 5) is 38.7. The second-order valence-electron chi connectivity index (χ2n) is 7.46. The number of amides is 3. The summed E-state index contributed by atoms with van der Waals surface area (Å²) in [7, 11) is 0. The molecule has 33 heavy (non-hydrogen) atoms. The Labute approximate surface area is 196 Å². The summed E-state index contributed by atoms with van der Waals surface area (Å²) >= 11 is 6.08. The van der Waals surface area contributed by atoms with Crippen molar-refractivity contribution in [1.29, 1.82) is 0 Å². The van der Waals surface area contributed by atoms with Crippen molar-refractivity contribution in [3.63, 3.8) is 0 Å². The SMILES string of the molecule is O=C(COc1ccccc1-c1ccccc1)NNC(=O)c1ccc(Cl)cc1N1CCCC1=O. The number of hydrazine groups is 1. The molecule has 0 atom stereocenters. The van der Waals surface area contributed by atoms with Gasteiger partial charge in [-0.15, -0.1) is 0 Å². The molecule has 0 saturated carbocycles. The van der Waals surface area contributed by atoms with Gasteiger partial charge in [-0.1, -0.05) is 60.1 Å². The van der Waals surface area contributed by atoms with Crippen molar-refractivity contribution in [3.8, 4) is 16.9 Å². The van der Waals surface area contributed by atoms with E-state index in [1.54, 1.807) is 18.2 Å². The van der Waals surface area contributed by atoms with Crippen LogP contribution in [-0.4, -0.2) is 30.9 Å². The Morgan fingerprint density at radius 2 is 1.73 bits per heavy atom. The van der Waals surface area contributed by atoms with Crippen molar-refractivity contribution in [2.75, 3.05) is 18.1 Å². The van der Waals surface area contributed by atoms with E-state index in [9.17, 15) is 14.4 Å².